The van der Waals surface area contributed by atoms with Crippen LogP contribution in [0.5, 0.6) is 0 Å². The second-order valence-corrected chi connectivity index (χ2v) is 8.79. The van der Waals surface area contributed by atoms with E-state index in [2.05, 4.69) is 41.3 Å². The zero-order valence-corrected chi connectivity index (χ0v) is 17.7. The van der Waals surface area contributed by atoms with Crippen LogP contribution in [0.3, 0.4) is 0 Å². The van der Waals surface area contributed by atoms with Gasteiger partial charge in [0.2, 0.25) is 17.6 Å². The van der Waals surface area contributed by atoms with Crippen LogP contribution in [0.15, 0.2) is 46.3 Å². The second-order valence-electron chi connectivity index (χ2n) is 7.84. The molecule has 5 nitrogen and oxygen atoms in total. The molecule has 1 saturated heterocycles. The van der Waals surface area contributed by atoms with Gasteiger partial charge in [-0.3, -0.25) is 4.79 Å². The predicted octanol–water partition coefficient (Wildman–Crippen LogP) is 4.91. The van der Waals surface area contributed by atoms with Crippen molar-refractivity contribution in [2.24, 2.45) is 5.92 Å². The quantitative estimate of drug-likeness (QED) is 0.556. The van der Waals surface area contributed by atoms with Crippen LogP contribution in [0.1, 0.15) is 42.7 Å². The Morgan fingerprint density at radius 3 is 2.69 bits per heavy atom. The summed E-state index contributed by atoms with van der Waals surface area (Å²) in [4.78, 5) is 19.9. The lowest BCUT2D eigenvalue weighted by Crippen LogP contribution is -2.38. The molecular weight excluding hydrogens is 382 g/mol. The highest BCUT2D eigenvalue weighted by molar-refractivity contribution is 7.13. The van der Waals surface area contributed by atoms with Crippen molar-refractivity contribution in [3.05, 3.63) is 58.8 Å². The topological polar surface area (TPSA) is 59.2 Å². The molecule has 1 amide bonds. The summed E-state index contributed by atoms with van der Waals surface area (Å²) in [5, 5.41) is 5.99. The van der Waals surface area contributed by atoms with Crippen LogP contribution in [0.2, 0.25) is 0 Å². The van der Waals surface area contributed by atoms with Crippen LogP contribution in [0.25, 0.3) is 10.7 Å². The highest BCUT2D eigenvalue weighted by Crippen LogP contribution is 2.24. The molecule has 2 aromatic heterocycles. The van der Waals surface area contributed by atoms with Crippen LogP contribution in [-0.4, -0.2) is 34.0 Å². The maximum atomic E-state index is 12.6. The van der Waals surface area contributed by atoms with Gasteiger partial charge in [0, 0.05) is 25.9 Å². The summed E-state index contributed by atoms with van der Waals surface area (Å²) in [6.45, 7) is 3.85. The lowest BCUT2D eigenvalue weighted by Gasteiger charge is -2.32. The fraction of sp³-hybridized carbons (Fsp3) is 0.435. The molecule has 6 heteroatoms. The molecule has 0 unspecified atom stereocenters. The standard InChI is InChI=1S/C23H27N3O2S/c1-17-4-6-18(7-5-17)8-9-19-12-14-26(15-13-19)22(27)11-10-21-24-23(25-28-21)20-3-2-16-29-20/h2-7,16,19H,8-15H2,1H3. The molecule has 0 radical (unpaired) electrons. The maximum absolute atomic E-state index is 12.6. The van der Waals surface area contributed by atoms with Gasteiger partial charge in [0.15, 0.2) is 0 Å². The number of rotatable bonds is 7. The molecule has 1 aromatic carbocycles. The van der Waals surface area contributed by atoms with E-state index < -0.39 is 0 Å². The van der Waals surface area contributed by atoms with E-state index in [1.165, 1.54) is 17.5 Å². The minimum absolute atomic E-state index is 0.192. The van der Waals surface area contributed by atoms with E-state index in [0.29, 0.717) is 30.5 Å². The Kier molecular flexibility index (Phi) is 6.39. The number of amides is 1. The molecule has 0 atom stereocenters. The van der Waals surface area contributed by atoms with Crippen molar-refractivity contribution in [3.8, 4) is 10.7 Å². The number of thiophene rings is 1. The largest absolute Gasteiger partial charge is 0.343 e. The van der Waals surface area contributed by atoms with Crippen LogP contribution in [-0.2, 0) is 17.6 Å². The fourth-order valence-corrected chi connectivity index (χ4v) is 4.48. The van der Waals surface area contributed by atoms with Gasteiger partial charge in [-0.05, 0) is 55.5 Å². The van der Waals surface area contributed by atoms with Gasteiger partial charge in [-0.2, -0.15) is 4.98 Å². The van der Waals surface area contributed by atoms with Gasteiger partial charge in [-0.1, -0.05) is 41.1 Å². The van der Waals surface area contributed by atoms with Crippen molar-refractivity contribution in [2.75, 3.05) is 13.1 Å². The molecular formula is C23H27N3O2S. The number of hydrogen-bond donors (Lipinski definition) is 0. The summed E-state index contributed by atoms with van der Waals surface area (Å²) in [6.07, 6.45) is 5.47. The van der Waals surface area contributed by atoms with E-state index in [9.17, 15) is 4.79 Å². The third-order valence-corrected chi connectivity index (χ3v) is 6.56. The molecule has 1 fully saturated rings. The molecule has 1 aliphatic heterocycles. The van der Waals surface area contributed by atoms with Crippen LogP contribution < -0.4 is 0 Å². The van der Waals surface area contributed by atoms with Gasteiger partial charge < -0.3 is 9.42 Å². The molecule has 152 valence electrons. The molecule has 3 aromatic rings. The maximum Gasteiger partial charge on any atom is 0.227 e. The number of hydrogen-bond acceptors (Lipinski definition) is 5. The van der Waals surface area contributed by atoms with E-state index in [-0.39, 0.29) is 5.91 Å². The van der Waals surface area contributed by atoms with Gasteiger partial charge in [-0.15, -0.1) is 11.3 Å². The Morgan fingerprint density at radius 2 is 1.97 bits per heavy atom. The molecule has 1 aliphatic rings. The third-order valence-electron chi connectivity index (χ3n) is 5.69. The third kappa shape index (κ3) is 5.32. The van der Waals surface area contributed by atoms with E-state index in [4.69, 9.17) is 4.52 Å². The summed E-state index contributed by atoms with van der Waals surface area (Å²) in [5.41, 5.74) is 2.72. The first-order valence-electron chi connectivity index (χ1n) is 10.4. The normalized spacial score (nSPS) is 15.0. The number of benzene rings is 1. The Hall–Kier alpha value is -2.47. The number of likely N-dealkylation sites (tertiary alicyclic amines) is 1. The molecule has 3 heterocycles. The summed E-state index contributed by atoms with van der Waals surface area (Å²) < 4.78 is 5.30. The monoisotopic (exact) mass is 409 g/mol. The Morgan fingerprint density at radius 1 is 1.17 bits per heavy atom. The number of aromatic nitrogens is 2. The summed E-state index contributed by atoms with van der Waals surface area (Å²) >= 11 is 1.58. The molecule has 0 bridgehead atoms. The number of carbonyl (C=O) groups is 1. The molecule has 29 heavy (non-hydrogen) atoms. The van der Waals surface area contributed by atoms with Gasteiger partial charge >= 0.3 is 0 Å². The van der Waals surface area contributed by atoms with Crippen molar-refractivity contribution in [1.82, 2.24) is 15.0 Å². The SMILES string of the molecule is Cc1ccc(CCC2CCN(C(=O)CCc3nc(-c4cccs4)no3)CC2)cc1. The number of piperidine rings is 1. The van der Waals surface area contributed by atoms with Crippen molar-refractivity contribution < 1.29 is 9.32 Å². The Balaban J connectivity index is 1.18. The van der Waals surface area contributed by atoms with Gasteiger partial charge in [0.25, 0.3) is 0 Å². The van der Waals surface area contributed by atoms with Crippen molar-refractivity contribution in [1.29, 1.82) is 0 Å². The molecule has 0 saturated carbocycles. The number of nitrogens with zero attached hydrogens (tertiary/aromatic N) is 3. The van der Waals surface area contributed by atoms with Crippen LogP contribution >= 0.6 is 11.3 Å². The number of carbonyl (C=O) groups excluding carboxylic acids is 1. The zero-order valence-electron chi connectivity index (χ0n) is 16.8. The highest BCUT2D eigenvalue weighted by atomic mass is 32.1. The van der Waals surface area contributed by atoms with Gasteiger partial charge in [0.1, 0.15) is 0 Å². The summed E-state index contributed by atoms with van der Waals surface area (Å²) in [7, 11) is 0. The molecule has 0 aliphatic carbocycles. The second kappa shape index (κ2) is 9.35. The smallest absolute Gasteiger partial charge is 0.227 e. The van der Waals surface area contributed by atoms with E-state index in [1.807, 2.05) is 22.4 Å². The van der Waals surface area contributed by atoms with Crippen molar-refractivity contribution in [3.63, 3.8) is 0 Å². The Bertz CT molecular complexity index is 910. The lowest BCUT2D eigenvalue weighted by molar-refractivity contribution is -0.132. The minimum Gasteiger partial charge on any atom is -0.343 e. The summed E-state index contributed by atoms with van der Waals surface area (Å²) in [6, 6.07) is 12.8. The number of aryl methyl sites for hydroxylation is 3. The first-order chi connectivity index (χ1) is 14.2. The van der Waals surface area contributed by atoms with Crippen LogP contribution in [0.4, 0.5) is 0 Å². The van der Waals surface area contributed by atoms with E-state index in [0.717, 1.165) is 37.2 Å². The first-order valence-corrected chi connectivity index (χ1v) is 11.2. The summed E-state index contributed by atoms with van der Waals surface area (Å²) in [5.74, 6) is 2.05. The predicted molar refractivity (Wildman–Crippen MR) is 115 cm³/mol. The molecule has 0 spiro atoms. The minimum atomic E-state index is 0.192. The highest BCUT2D eigenvalue weighted by Gasteiger charge is 2.23. The van der Waals surface area contributed by atoms with Gasteiger partial charge in [0.05, 0.1) is 4.88 Å². The van der Waals surface area contributed by atoms with Crippen molar-refractivity contribution >= 4 is 17.2 Å². The first kappa shape index (κ1) is 19.8. The van der Waals surface area contributed by atoms with Gasteiger partial charge in [-0.25, -0.2) is 0 Å². The van der Waals surface area contributed by atoms with Crippen molar-refractivity contribution in [2.45, 2.75) is 45.4 Å². The Labute approximate surface area is 175 Å². The fourth-order valence-electron chi connectivity index (χ4n) is 3.83. The lowest BCUT2D eigenvalue weighted by atomic mass is 9.90. The van der Waals surface area contributed by atoms with Crippen LogP contribution in [0, 0.1) is 12.8 Å². The average molecular weight is 410 g/mol. The molecule has 0 N–H and O–H groups in total. The zero-order chi connectivity index (χ0) is 20.1. The van der Waals surface area contributed by atoms with E-state index in [1.54, 1.807) is 11.3 Å². The van der Waals surface area contributed by atoms with E-state index >= 15 is 0 Å². The average Bonchev–Trinajstić information content (AvgIpc) is 3.44. The molecule has 4 rings (SSSR count).